The average Bonchev–Trinajstić information content (AvgIpc) is 2.47. The number of alkyl halides is 3. The molecule has 1 aliphatic heterocycles. The molecule has 0 atom stereocenters. The first-order chi connectivity index (χ1) is 10.6. The van der Waals surface area contributed by atoms with Crippen LogP contribution in [0.25, 0.3) is 0 Å². The van der Waals surface area contributed by atoms with E-state index in [0.717, 1.165) is 25.4 Å². The zero-order chi connectivity index (χ0) is 17.5. The quantitative estimate of drug-likeness (QED) is 0.833. The van der Waals surface area contributed by atoms with Crippen molar-refractivity contribution in [3.8, 4) is 0 Å². The molecule has 1 N–H and O–H groups in total. The highest BCUT2D eigenvalue weighted by Gasteiger charge is 2.32. The molecule has 0 aliphatic carbocycles. The lowest BCUT2D eigenvalue weighted by Gasteiger charge is -2.28. The maximum Gasteiger partial charge on any atom is 0.418 e. The Kier molecular flexibility index (Phi) is 6.74. The van der Waals surface area contributed by atoms with Gasteiger partial charge in [0.1, 0.15) is 5.60 Å². The minimum absolute atomic E-state index is 0.288. The molecule has 1 fully saturated rings. The molecular formula is C14H21F3N4O2. The van der Waals surface area contributed by atoms with Crippen molar-refractivity contribution in [2.75, 3.05) is 31.1 Å². The molecule has 0 aromatic carbocycles. The van der Waals surface area contributed by atoms with Crippen molar-refractivity contribution >= 4 is 12.3 Å². The molecule has 2 heterocycles. The number of carbonyl (C=O) groups excluding carboxylic acids is 1. The molecule has 0 spiro atoms. The normalized spacial score (nSPS) is 15.5. The van der Waals surface area contributed by atoms with Crippen LogP contribution >= 0.6 is 0 Å². The van der Waals surface area contributed by atoms with Crippen LogP contribution in [0.15, 0.2) is 12.3 Å². The SMILES string of the molecule is CC(C)(C)OC=O.FC(F)(F)c1cnnc(N2CCNCC2)c1. The predicted molar refractivity (Wildman–Crippen MR) is 79.0 cm³/mol. The van der Waals surface area contributed by atoms with Crippen molar-refractivity contribution in [3.63, 3.8) is 0 Å². The van der Waals surface area contributed by atoms with Crippen LogP contribution in [0.4, 0.5) is 19.0 Å². The van der Waals surface area contributed by atoms with Gasteiger partial charge in [-0.1, -0.05) is 0 Å². The number of hydrogen-bond donors (Lipinski definition) is 1. The summed E-state index contributed by atoms with van der Waals surface area (Å²) in [6.45, 7) is 8.71. The summed E-state index contributed by atoms with van der Waals surface area (Å²) in [4.78, 5) is 11.4. The van der Waals surface area contributed by atoms with Gasteiger partial charge in [0.25, 0.3) is 6.47 Å². The van der Waals surface area contributed by atoms with E-state index in [1.54, 1.807) is 4.90 Å². The van der Waals surface area contributed by atoms with Crippen LogP contribution in [0.3, 0.4) is 0 Å². The molecule has 6 nitrogen and oxygen atoms in total. The molecule has 1 aliphatic rings. The highest BCUT2D eigenvalue weighted by atomic mass is 19.4. The lowest BCUT2D eigenvalue weighted by atomic mass is 10.2. The number of nitrogens with one attached hydrogen (secondary N) is 1. The molecule has 1 aromatic heterocycles. The summed E-state index contributed by atoms with van der Waals surface area (Å²) >= 11 is 0. The van der Waals surface area contributed by atoms with Gasteiger partial charge in [-0.25, -0.2) is 0 Å². The molecule has 0 radical (unpaired) electrons. The average molecular weight is 334 g/mol. The Morgan fingerprint density at radius 1 is 1.26 bits per heavy atom. The van der Waals surface area contributed by atoms with Crippen molar-refractivity contribution in [1.82, 2.24) is 15.5 Å². The maximum atomic E-state index is 12.4. The number of anilines is 1. The first kappa shape index (κ1) is 19.1. The summed E-state index contributed by atoms with van der Waals surface area (Å²) in [5, 5.41) is 10.2. The molecule has 0 amide bonds. The molecular weight excluding hydrogens is 313 g/mol. The van der Waals surface area contributed by atoms with E-state index in [2.05, 4.69) is 20.3 Å². The largest absolute Gasteiger partial charge is 0.462 e. The first-order valence-electron chi connectivity index (χ1n) is 7.10. The number of rotatable bonds is 2. The topological polar surface area (TPSA) is 67.3 Å². The standard InChI is InChI=1S/C9H11F3N4.C5H10O2/c10-9(11,12)7-5-8(15-14-6-7)16-3-1-13-2-4-16;1-5(2,3)7-4-6/h5-6,13H,1-4H2;4H,1-3H3. The second-order valence-corrected chi connectivity index (χ2v) is 5.86. The molecule has 0 unspecified atom stereocenters. The van der Waals surface area contributed by atoms with Gasteiger partial charge in [-0.15, -0.1) is 5.10 Å². The van der Waals surface area contributed by atoms with Gasteiger partial charge in [-0.05, 0) is 26.8 Å². The Bertz CT molecular complexity index is 498. The van der Waals surface area contributed by atoms with Gasteiger partial charge in [0.2, 0.25) is 0 Å². The third-order valence-corrected chi connectivity index (χ3v) is 2.81. The van der Waals surface area contributed by atoms with Crippen LogP contribution in [0.2, 0.25) is 0 Å². The lowest BCUT2D eigenvalue weighted by molar-refractivity contribution is -0.139. The molecule has 0 saturated carbocycles. The van der Waals surface area contributed by atoms with E-state index >= 15 is 0 Å². The minimum atomic E-state index is -4.36. The molecule has 130 valence electrons. The number of aromatic nitrogens is 2. The Morgan fingerprint density at radius 3 is 2.30 bits per heavy atom. The third-order valence-electron chi connectivity index (χ3n) is 2.81. The smallest absolute Gasteiger partial charge is 0.418 e. The van der Waals surface area contributed by atoms with Crippen molar-refractivity contribution in [3.05, 3.63) is 17.8 Å². The number of hydrogen-bond acceptors (Lipinski definition) is 6. The van der Waals surface area contributed by atoms with Crippen molar-refractivity contribution in [1.29, 1.82) is 0 Å². The van der Waals surface area contributed by atoms with Gasteiger partial charge in [-0.2, -0.15) is 18.3 Å². The molecule has 0 bridgehead atoms. The van der Waals surface area contributed by atoms with Crippen LogP contribution in [-0.2, 0) is 15.7 Å². The van der Waals surface area contributed by atoms with E-state index < -0.39 is 11.7 Å². The monoisotopic (exact) mass is 334 g/mol. The molecule has 23 heavy (non-hydrogen) atoms. The molecule has 1 aromatic rings. The fourth-order valence-electron chi connectivity index (χ4n) is 1.70. The minimum Gasteiger partial charge on any atom is -0.462 e. The van der Waals surface area contributed by atoms with Gasteiger partial charge in [-0.3, -0.25) is 4.79 Å². The number of piperazine rings is 1. The van der Waals surface area contributed by atoms with Crippen LogP contribution in [-0.4, -0.2) is 48.4 Å². The summed E-state index contributed by atoms with van der Waals surface area (Å²) in [6, 6.07) is 1.04. The molecule has 2 rings (SSSR count). The summed E-state index contributed by atoms with van der Waals surface area (Å²) < 4.78 is 41.9. The Labute approximate surface area is 133 Å². The van der Waals surface area contributed by atoms with Crippen LogP contribution in [0.1, 0.15) is 26.3 Å². The summed E-state index contributed by atoms with van der Waals surface area (Å²) in [7, 11) is 0. The zero-order valence-corrected chi connectivity index (χ0v) is 13.4. The van der Waals surface area contributed by atoms with Crippen LogP contribution in [0, 0.1) is 0 Å². The highest BCUT2D eigenvalue weighted by molar-refractivity contribution is 5.40. The van der Waals surface area contributed by atoms with E-state index in [1.807, 2.05) is 20.8 Å². The number of nitrogens with zero attached hydrogens (tertiary/aromatic N) is 3. The van der Waals surface area contributed by atoms with E-state index in [4.69, 9.17) is 0 Å². The van der Waals surface area contributed by atoms with Crippen LogP contribution < -0.4 is 10.2 Å². The van der Waals surface area contributed by atoms with Gasteiger partial charge in [0, 0.05) is 26.2 Å². The molecule has 1 saturated heterocycles. The maximum absolute atomic E-state index is 12.4. The Balaban J connectivity index is 0.000000322. The predicted octanol–water partition coefficient (Wildman–Crippen LogP) is 1.86. The molecule has 9 heteroatoms. The summed E-state index contributed by atoms with van der Waals surface area (Å²) in [5.41, 5.74) is -1.07. The summed E-state index contributed by atoms with van der Waals surface area (Å²) in [5.74, 6) is 0.288. The lowest BCUT2D eigenvalue weighted by Crippen LogP contribution is -2.44. The third kappa shape index (κ3) is 7.27. The Morgan fingerprint density at radius 2 is 1.87 bits per heavy atom. The van der Waals surface area contributed by atoms with Crippen LogP contribution in [0.5, 0.6) is 0 Å². The van der Waals surface area contributed by atoms with Crippen molar-refractivity contribution in [2.45, 2.75) is 32.5 Å². The van der Waals surface area contributed by atoms with Gasteiger partial charge >= 0.3 is 6.18 Å². The Hall–Kier alpha value is -1.90. The fourth-order valence-corrected chi connectivity index (χ4v) is 1.70. The van der Waals surface area contributed by atoms with E-state index in [1.165, 1.54) is 0 Å². The van der Waals surface area contributed by atoms with Crippen molar-refractivity contribution < 1.29 is 22.7 Å². The fraction of sp³-hybridized carbons (Fsp3) is 0.643. The van der Waals surface area contributed by atoms with E-state index in [9.17, 15) is 18.0 Å². The highest BCUT2D eigenvalue weighted by Crippen LogP contribution is 2.30. The van der Waals surface area contributed by atoms with Crippen molar-refractivity contribution in [2.24, 2.45) is 0 Å². The zero-order valence-electron chi connectivity index (χ0n) is 13.4. The van der Waals surface area contributed by atoms with Gasteiger partial charge < -0.3 is 15.0 Å². The number of carbonyl (C=O) groups is 1. The first-order valence-corrected chi connectivity index (χ1v) is 7.10. The van der Waals surface area contributed by atoms with E-state index in [0.29, 0.717) is 19.6 Å². The number of ether oxygens (including phenoxy) is 1. The summed E-state index contributed by atoms with van der Waals surface area (Å²) in [6.07, 6.45) is -3.62. The van der Waals surface area contributed by atoms with E-state index in [-0.39, 0.29) is 11.4 Å². The number of halogens is 3. The second kappa shape index (κ2) is 8.09. The van der Waals surface area contributed by atoms with Gasteiger partial charge in [0.05, 0.1) is 11.8 Å². The second-order valence-electron chi connectivity index (χ2n) is 5.86. The van der Waals surface area contributed by atoms with Gasteiger partial charge in [0.15, 0.2) is 5.82 Å².